The van der Waals surface area contributed by atoms with Gasteiger partial charge in [-0.2, -0.15) is 0 Å². The molecule has 1 aliphatic rings. The summed E-state index contributed by atoms with van der Waals surface area (Å²) in [5.41, 5.74) is 5.02. The number of rotatable bonds is 3. The van der Waals surface area contributed by atoms with E-state index in [0.29, 0.717) is 19.3 Å². The first-order chi connectivity index (χ1) is 7.60. The number of nitrogens with two attached hydrogens (primary N) is 1. The van der Waals surface area contributed by atoms with E-state index >= 15 is 0 Å². The van der Waals surface area contributed by atoms with Gasteiger partial charge in [-0.1, -0.05) is 0 Å². The van der Waals surface area contributed by atoms with Crippen molar-refractivity contribution in [3.63, 3.8) is 0 Å². The van der Waals surface area contributed by atoms with Crippen molar-refractivity contribution >= 4 is 15.8 Å². The first-order valence-corrected chi connectivity index (χ1v) is 7.51. The molecule has 1 aliphatic carbocycles. The van der Waals surface area contributed by atoms with Gasteiger partial charge in [0.15, 0.2) is 9.84 Å². The molecule has 17 heavy (non-hydrogen) atoms. The predicted molar refractivity (Wildman–Crippen MR) is 65.2 cm³/mol. The van der Waals surface area contributed by atoms with Gasteiger partial charge in [0, 0.05) is 6.04 Å². The Balaban J connectivity index is 2.58. The van der Waals surface area contributed by atoms with Crippen LogP contribution >= 0.6 is 0 Å². The molecule has 0 bridgehead atoms. The van der Waals surface area contributed by atoms with Gasteiger partial charge in [-0.3, -0.25) is 4.79 Å². The largest absolute Gasteiger partial charge is 0.459 e. The molecule has 2 atom stereocenters. The van der Waals surface area contributed by atoms with Crippen LogP contribution in [0.2, 0.25) is 0 Å². The highest BCUT2D eigenvalue weighted by Gasteiger charge is 2.35. The van der Waals surface area contributed by atoms with Crippen molar-refractivity contribution in [2.75, 3.05) is 5.75 Å². The van der Waals surface area contributed by atoms with Crippen LogP contribution in [0.5, 0.6) is 0 Å². The van der Waals surface area contributed by atoms with E-state index in [-0.39, 0.29) is 6.04 Å². The molecule has 2 N–H and O–H groups in total. The lowest BCUT2D eigenvalue weighted by Gasteiger charge is -2.20. The Morgan fingerprint density at radius 3 is 2.35 bits per heavy atom. The van der Waals surface area contributed by atoms with Crippen LogP contribution in [0.4, 0.5) is 0 Å². The molecule has 1 saturated carbocycles. The molecule has 0 radical (unpaired) electrons. The summed E-state index contributed by atoms with van der Waals surface area (Å²) in [6.45, 7) is 5.13. The van der Waals surface area contributed by atoms with Gasteiger partial charge < -0.3 is 10.5 Å². The monoisotopic (exact) mass is 263 g/mol. The maximum absolute atomic E-state index is 11.9. The van der Waals surface area contributed by atoms with E-state index in [9.17, 15) is 13.2 Å². The van der Waals surface area contributed by atoms with Crippen molar-refractivity contribution in [1.82, 2.24) is 0 Å². The molecule has 6 heteroatoms. The van der Waals surface area contributed by atoms with Crippen LogP contribution in [0, 0.1) is 0 Å². The minimum Gasteiger partial charge on any atom is -0.459 e. The number of carbonyl (C=O) groups is 1. The second-order valence-corrected chi connectivity index (χ2v) is 7.87. The van der Waals surface area contributed by atoms with E-state index in [1.165, 1.54) is 0 Å². The molecule has 2 unspecified atom stereocenters. The average Bonchev–Trinajstić information content (AvgIpc) is 2.46. The fourth-order valence-corrected chi connectivity index (χ4v) is 3.61. The maximum atomic E-state index is 11.9. The molecule has 0 aliphatic heterocycles. The van der Waals surface area contributed by atoms with Crippen molar-refractivity contribution in [3.8, 4) is 0 Å². The van der Waals surface area contributed by atoms with E-state index < -0.39 is 32.4 Å². The molecule has 1 rings (SSSR count). The fraction of sp³-hybridized carbons (Fsp3) is 0.909. The van der Waals surface area contributed by atoms with E-state index in [2.05, 4.69) is 0 Å². The highest BCUT2D eigenvalue weighted by atomic mass is 32.2. The zero-order chi connectivity index (χ0) is 13.3. The molecule has 1 fully saturated rings. The van der Waals surface area contributed by atoms with Crippen LogP contribution in [-0.4, -0.2) is 37.0 Å². The van der Waals surface area contributed by atoms with Crippen molar-refractivity contribution < 1.29 is 17.9 Å². The topological polar surface area (TPSA) is 86.5 Å². The van der Waals surface area contributed by atoms with Crippen molar-refractivity contribution in [2.24, 2.45) is 5.73 Å². The zero-order valence-electron chi connectivity index (χ0n) is 10.6. The summed E-state index contributed by atoms with van der Waals surface area (Å²) in [4.78, 5) is 11.5. The number of hydrogen-bond acceptors (Lipinski definition) is 5. The third-order valence-electron chi connectivity index (χ3n) is 2.67. The Hall–Kier alpha value is -0.620. The molecule has 0 amide bonds. The van der Waals surface area contributed by atoms with Crippen LogP contribution in [-0.2, 0) is 19.4 Å². The predicted octanol–water partition coefficient (Wildman–Crippen LogP) is 0.623. The molecule has 0 saturated heterocycles. The molecule has 0 aromatic rings. The second-order valence-electron chi connectivity index (χ2n) is 5.59. The van der Waals surface area contributed by atoms with Crippen LogP contribution < -0.4 is 5.73 Å². The van der Waals surface area contributed by atoms with E-state index in [4.69, 9.17) is 10.5 Å². The summed E-state index contributed by atoms with van der Waals surface area (Å²) in [7, 11) is -3.42. The van der Waals surface area contributed by atoms with Crippen LogP contribution in [0.1, 0.15) is 40.0 Å². The number of esters is 1. The smallest absolute Gasteiger partial charge is 0.321 e. The molecule has 0 aromatic heterocycles. The molecular weight excluding hydrogens is 242 g/mol. The summed E-state index contributed by atoms with van der Waals surface area (Å²) >= 11 is 0. The summed E-state index contributed by atoms with van der Waals surface area (Å²) in [6, 6.07) is -0.0617. The van der Waals surface area contributed by atoms with Gasteiger partial charge in [0.25, 0.3) is 0 Å². The van der Waals surface area contributed by atoms with Gasteiger partial charge >= 0.3 is 5.97 Å². The van der Waals surface area contributed by atoms with Gasteiger partial charge in [-0.15, -0.1) is 0 Å². The first-order valence-electron chi connectivity index (χ1n) is 5.79. The molecule has 100 valence electrons. The lowest BCUT2D eigenvalue weighted by atomic mass is 10.2. The normalized spacial score (nSPS) is 25.9. The minimum atomic E-state index is -3.42. The van der Waals surface area contributed by atoms with E-state index in [1.807, 2.05) is 0 Å². The van der Waals surface area contributed by atoms with E-state index in [1.54, 1.807) is 20.8 Å². The highest BCUT2D eigenvalue weighted by Crippen LogP contribution is 2.25. The molecular formula is C11H21NO4S. The van der Waals surface area contributed by atoms with Gasteiger partial charge in [0.1, 0.15) is 11.4 Å². The summed E-state index contributed by atoms with van der Waals surface area (Å²) < 4.78 is 28.8. The van der Waals surface area contributed by atoms with Crippen molar-refractivity contribution in [3.05, 3.63) is 0 Å². The maximum Gasteiger partial charge on any atom is 0.321 e. The number of sulfone groups is 1. The summed E-state index contributed by atoms with van der Waals surface area (Å²) in [6.07, 6.45) is 1.70. The van der Waals surface area contributed by atoms with Crippen molar-refractivity contribution in [2.45, 2.75) is 56.9 Å². The molecule has 0 heterocycles. The third kappa shape index (κ3) is 4.63. The second kappa shape index (κ2) is 4.94. The number of ether oxygens (including phenoxy) is 1. The number of carbonyl (C=O) groups excluding carboxylic acids is 1. The molecule has 0 spiro atoms. The first kappa shape index (κ1) is 14.4. The quantitative estimate of drug-likeness (QED) is 0.754. The van der Waals surface area contributed by atoms with Gasteiger partial charge in [0.2, 0.25) is 0 Å². The van der Waals surface area contributed by atoms with Crippen molar-refractivity contribution in [1.29, 1.82) is 0 Å². The molecule has 0 aromatic carbocycles. The lowest BCUT2D eigenvalue weighted by molar-refractivity contribution is -0.151. The van der Waals surface area contributed by atoms with E-state index in [0.717, 1.165) is 0 Å². The Kier molecular flexibility index (Phi) is 4.19. The Labute approximate surface area is 103 Å². The Bertz CT molecular complexity index is 383. The fourth-order valence-electron chi connectivity index (χ4n) is 1.95. The van der Waals surface area contributed by atoms with Crippen LogP contribution in [0.15, 0.2) is 0 Å². The van der Waals surface area contributed by atoms with Gasteiger partial charge in [-0.25, -0.2) is 8.42 Å². The minimum absolute atomic E-state index is 0.0617. The number of hydrogen-bond donors (Lipinski definition) is 1. The zero-order valence-corrected chi connectivity index (χ0v) is 11.4. The molecule has 5 nitrogen and oxygen atoms in total. The average molecular weight is 263 g/mol. The van der Waals surface area contributed by atoms with Crippen LogP contribution in [0.25, 0.3) is 0 Å². The van der Waals surface area contributed by atoms with Crippen LogP contribution in [0.3, 0.4) is 0 Å². The Morgan fingerprint density at radius 1 is 1.35 bits per heavy atom. The summed E-state index contributed by atoms with van der Waals surface area (Å²) in [5.74, 6) is -1.22. The summed E-state index contributed by atoms with van der Waals surface area (Å²) in [5, 5.41) is -0.481. The SMILES string of the molecule is CC(C)(C)OC(=O)CS(=O)(=O)C1CCC(N)C1. The highest BCUT2D eigenvalue weighted by molar-refractivity contribution is 7.92. The van der Waals surface area contributed by atoms with Gasteiger partial charge in [-0.05, 0) is 40.0 Å². The Morgan fingerprint density at radius 2 is 1.94 bits per heavy atom. The third-order valence-corrected chi connectivity index (χ3v) is 4.75. The lowest BCUT2D eigenvalue weighted by Crippen LogP contribution is -2.32. The standard InChI is InChI=1S/C11H21NO4S/c1-11(2,3)16-10(13)7-17(14,15)9-5-4-8(12)6-9/h8-9H,4-7,12H2,1-3H3. The van der Waals surface area contributed by atoms with Gasteiger partial charge in [0.05, 0.1) is 5.25 Å².